The summed E-state index contributed by atoms with van der Waals surface area (Å²) in [6.07, 6.45) is 61.4. The number of hydrogen-bond donors (Lipinski definition) is 0. The van der Waals surface area contributed by atoms with E-state index in [0.717, 1.165) is 96.3 Å². The number of carbonyl (C=O) groups is 2. The van der Waals surface area contributed by atoms with Crippen molar-refractivity contribution in [1.82, 2.24) is 0 Å². The van der Waals surface area contributed by atoms with Crippen molar-refractivity contribution in [2.45, 2.75) is 194 Å². The molecule has 0 radical (unpaired) electrons. The van der Waals surface area contributed by atoms with Gasteiger partial charge >= 0.3 is 11.9 Å². The average molecular weight is 777 g/mol. The number of allylic oxidation sites excluding steroid dienone is 16. The van der Waals surface area contributed by atoms with Gasteiger partial charge in [0.05, 0.1) is 6.61 Å². The number of carbonyl (C=O) groups excluding carboxylic acids is 2. The SMILES string of the molecule is CC/C=C\C/C=C\C/C=C\C/C=C\CCCCCOCC(COC(=O)CC/C=C\C/C=C\C/C=C\C/C=C\CC)OC(=O)CCCCCCCCCCCCC. The summed E-state index contributed by atoms with van der Waals surface area (Å²) in [5.41, 5.74) is 0. The summed E-state index contributed by atoms with van der Waals surface area (Å²) in [5, 5.41) is 0. The van der Waals surface area contributed by atoms with Crippen LogP contribution < -0.4 is 0 Å². The quantitative estimate of drug-likeness (QED) is 0.0352. The molecule has 5 heteroatoms. The van der Waals surface area contributed by atoms with E-state index in [1.54, 1.807) is 0 Å². The molecular formula is C51H84O5. The van der Waals surface area contributed by atoms with Gasteiger partial charge in [0, 0.05) is 19.4 Å². The zero-order chi connectivity index (χ0) is 40.7. The Bertz CT molecular complexity index is 1110. The molecule has 0 fully saturated rings. The molecule has 0 amide bonds. The predicted molar refractivity (Wildman–Crippen MR) is 242 cm³/mol. The Kier molecular flexibility index (Phi) is 43.6. The van der Waals surface area contributed by atoms with Crippen LogP contribution in [0.2, 0.25) is 0 Å². The summed E-state index contributed by atoms with van der Waals surface area (Å²) in [6, 6.07) is 0. The van der Waals surface area contributed by atoms with Crippen molar-refractivity contribution in [3.63, 3.8) is 0 Å². The Hall–Kier alpha value is -3.18. The van der Waals surface area contributed by atoms with Gasteiger partial charge in [-0.3, -0.25) is 9.59 Å². The minimum absolute atomic E-state index is 0.0306. The van der Waals surface area contributed by atoms with Crippen molar-refractivity contribution >= 4 is 11.9 Å². The molecule has 0 aliphatic heterocycles. The van der Waals surface area contributed by atoms with Crippen LogP contribution in [0.1, 0.15) is 188 Å². The van der Waals surface area contributed by atoms with E-state index in [-0.39, 0.29) is 25.2 Å². The van der Waals surface area contributed by atoms with E-state index in [2.05, 4.69) is 112 Å². The molecule has 56 heavy (non-hydrogen) atoms. The van der Waals surface area contributed by atoms with E-state index in [4.69, 9.17) is 14.2 Å². The maximum atomic E-state index is 12.7. The molecular weight excluding hydrogens is 693 g/mol. The number of unbranched alkanes of at least 4 members (excludes halogenated alkanes) is 13. The van der Waals surface area contributed by atoms with Crippen molar-refractivity contribution in [3.05, 3.63) is 97.2 Å². The molecule has 1 unspecified atom stereocenters. The summed E-state index contributed by atoms with van der Waals surface area (Å²) < 4.78 is 17.2. The number of hydrogen-bond acceptors (Lipinski definition) is 5. The van der Waals surface area contributed by atoms with Gasteiger partial charge in [-0.2, -0.15) is 0 Å². The van der Waals surface area contributed by atoms with Gasteiger partial charge in [0.15, 0.2) is 6.10 Å². The largest absolute Gasteiger partial charge is 0.462 e. The van der Waals surface area contributed by atoms with Gasteiger partial charge in [0.25, 0.3) is 0 Å². The van der Waals surface area contributed by atoms with Crippen molar-refractivity contribution in [2.75, 3.05) is 19.8 Å². The Morgan fingerprint density at radius 1 is 0.411 bits per heavy atom. The molecule has 0 aliphatic carbocycles. The fourth-order valence-electron chi connectivity index (χ4n) is 5.81. The summed E-state index contributed by atoms with van der Waals surface area (Å²) in [4.78, 5) is 25.2. The monoisotopic (exact) mass is 777 g/mol. The molecule has 0 rings (SSSR count). The van der Waals surface area contributed by atoms with Crippen LogP contribution in [0.4, 0.5) is 0 Å². The van der Waals surface area contributed by atoms with E-state index < -0.39 is 6.10 Å². The maximum Gasteiger partial charge on any atom is 0.306 e. The van der Waals surface area contributed by atoms with E-state index in [9.17, 15) is 9.59 Å². The van der Waals surface area contributed by atoms with Crippen LogP contribution in [0.15, 0.2) is 97.2 Å². The van der Waals surface area contributed by atoms with Gasteiger partial charge in [-0.15, -0.1) is 0 Å². The lowest BCUT2D eigenvalue weighted by molar-refractivity contribution is -0.162. The van der Waals surface area contributed by atoms with E-state index in [1.807, 2.05) is 6.08 Å². The van der Waals surface area contributed by atoms with Crippen molar-refractivity contribution in [1.29, 1.82) is 0 Å². The molecule has 0 heterocycles. The second kappa shape index (κ2) is 46.2. The van der Waals surface area contributed by atoms with Gasteiger partial charge in [0.2, 0.25) is 0 Å². The number of esters is 2. The van der Waals surface area contributed by atoms with Crippen LogP contribution in [0.5, 0.6) is 0 Å². The first-order chi connectivity index (χ1) is 27.6. The van der Waals surface area contributed by atoms with E-state index >= 15 is 0 Å². The highest BCUT2D eigenvalue weighted by Crippen LogP contribution is 2.13. The molecule has 0 saturated carbocycles. The van der Waals surface area contributed by atoms with Crippen LogP contribution in [-0.4, -0.2) is 37.9 Å². The molecule has 1 atom stereocenters. The van der Waals surface area contributed by atoms with E-state index in [1.165, 1.54) is 51.4 Å². The second-order valence-electron chi connectivity index (χ2n) is 14.5. The zero-order valence-electron chi connectivity index (χ0n) is 36.4. The lowest BCUT2D eigenvalue weighted by Gasteiger charge is -2.18. The minimum atomic E-state index is -0.582. The Morgan fingerprint density at radius 2 is 0.839 bits per heavy atom. The standard InChI is InChI=1S/C51H84O5/c1-4-7-10-13-16-19-22-24-25-26-28-31-34-37-40-43-46-54-47-49(56-51(53)45-42-39-36-33-29-21-18-15-12-9-6-3)48-55-50(52)44-41-38-35-32-30-27-23-20-17-14-11-8-5-2/h7-8,10-11,16-17,19-20,24-25,27-28,30-31,35,38,49H,4-6,9,12-15,18,21-23,26,29,32-34,36-37,39-48H2,1-3H3/b10-7-,11-8-,19-16-,20-17-,25-24-,30-27-,31-28-,38-35-. The summed E-state index contributed by atoms with van der Waals surface area (Å²) in [5.74, 6) is -0.516. The molecule has 318 valence electrons. The maximum absolute atomic E-state index is 12.7. The minimum Gasteiger partial charge on any atom is -0.462 e. The van der Waals surface area contributed by atoms with Gasteiger partial charge in [-0.05, 0) is 83.5 Å². The molecule has 0 saturated heterocycles. The number of ether oxygens (including phenoxy) is 3. The van der Waals surface area contributed by atoms with Crippen molar-refractivity contribution < 1.29 is 23.8 Å². The third kappa shape index (κ3) is 43.5. The van der Waals surface area contributed by atoms with Crippen LogP contribution >= 0.6 is 0 Å². The topological polar surface area (TPSA) is 61.8 Å². The van der Waals surface area contributed by atoms with Crippen LogP contribution in [-0.2, 0) is 23.8 Å². The van der Waals surface area contributed by atoms with Gasteiger partial charge in [-0.25, -0.2) is 0 Å². The van der Waals surface area contributed by atoms with E-state index in [0.29, 0.717) is 25.9 Å². The Morgan fingerprint density at radius 3 is 1.34 bits per heavy atom. The fraction of sp³-hybridized carbons (Fsp3) is 0.647. The fourth-order valence-corrected chi connectivity index (χ4v) is 5.81. The first-order valence-corrected chi connectivity index (χ1v) is 22.8. The van der Waals surface area contributed by atoms with Crippen molar-refractivity contribution in [3.8, 4) is 0 Å². The lowest BCUT2D eigenvalue weighted by atomic mass is 10.1. The highest BCUT2D eigenvalue weighted by atomic mass is 16.6. The lowest BCUT2D eigenvalue weighted by Crippen LogP contribution is -2.30. The van der Waals surface area contributed by atoms with Crippen molar-refractivity contribution in [2.24, 2.45) is 0 Å². The molecule has 0 N–H and O–H groups in total. The summed E-state index contributed by atoms with van der Waals surface area (Å²) >= 11 is 0. The Labute approximate surface area is 345 Å². The Balaban J connectivity index is 4.42. The zero-order valence-corrected chi connectivity index (χ0v) is 36.4. The van der Waals surface area contributed by atoms with Crippen LogP contribution in [0.25, 0.3) is 0 Å². The molecule has 0 aromatic heterocycles. The van der Waals surface area contributed by atoms with Crippen LogP contribution in [0.3, 0.4) is 0 Å². The first-order valence-electron chi connectivity index (χ1n) is 22.8. The molecule has 0 aromatic carbocycles. The predicted octanol–water partition coefficient (Wildman–Crippen LogP) is 15.1. The first kappa shape index (κ1) is 52.8. The van der Waals surface area contributed by atoms with Gasteiger partial charge < -0.3 is 14.2 Å². The third-order valence-corrected chi connectivity index (χ3v) is 9.13. The highest BCUT2D eigenvalue weighted by Gasteiger charge is 2.17. The average Bonchev–Trinajstić information content (AvgIpc) is 3.20. The molecule has 0 aromatic rings. The summed E-state index contributed by atoms with van der Waals surface area (Å²) in [7, 11) is 0. The van der Waals surface area contributed by atoms with Gasteiger partial charge in [0.1, 0.15) is 6.61 Å². The second-order valence-corrected chi connectivity index (χ2v) is 14.5. The smallest absolute Gasteiger partial charge is 0.306 e. The summed E-state index contributed by atoms with van der Waals surface area (Å²) in [6.45, 7) is 7.42. The highest BCUT2D eigenvalue weighted by molar-refractivity contribution is 5.70. The van der Waals surface area contributed by atoms with Crippen LogP contribution in [0, 0.1) is 0 Å². The third-order valence-electron chi connectivity index (χ3n) is 9.13. The normalized spacial score (nSPS) is 13.1. The molecule has 0 bridgehead atoms. The number of rotatable bonds is 40. The molecule has 0 spiro atoms. The van der Waals surface area contributed by atoms with Gasteiger partial charge in [-0.1, -0.05) is 189 Å². The molecule has 5 nitrogen and oxygen atoms in total. The molecule has 0 aliphatic rings.